The van der Waals surface area contributed by atoms with Gasteiger partial charge in [0.2, 0.25) is 5.82 Å². The summed E-state index contributed by atoms with van der Waals surface area (Å²) in [6, 6.07) is 21.3. The number of pyridine rings is 1. The second kappa shape index (κ2) is 9.48. The number of amides is 2. The highest BCUT2D eigenvalue weighted by molar-refractivity contribution is 6.01. The Hall–Kier alpha value is -4.59. The Bertz CT molecular complexity index is 1240. The normalized spacial score (nSPS) is 10.3. The number of hydrogen-bond donors (Lipinski definition) is 2. The molecule has 32 heavy (non-hydrogen) atoms. The van der Waals surface area contributed by atoms with E-state index in [-0.39, 0.29) is 17.4 Å². The predicted octanol–water partition coefficient (Wildman–Crippen LogP) is 3.94. The Morgan fingerprint density at radius 1 is 0.812 bits per heavy atom. The van der Waals surface area contributed by atoms with Crippen molar-refractivity contribution in [1.29, 1.82) is 0 Å². The highest BCUT2D eigenvalue weighted by Crippen LogP contribution is 2.23. The first-order valence-electron chi connectivity index (χ1n) is 9.78. The van der Waals surface area contributed by atoms with Crippen LogP contribution in [0.3, 0.4) is 0 Å². The number of nitrogens with zero attached hydrogens (tertiary/aromatic N) is 3. The van der Waals surface area contributed by atoms with Crippen LogP contribution in [0.5, 0.6) is 11.5 Å². The Kier molecular flexibility index (Phi) is 6.12. The van der Waals surface area contributed by atoms with Crippen molar-refractivity contribution in [1.82, 2.24) is 20.3 Å². The minimum atomic E-state index is -0.416. The number of hydrogen-bond acceptors (Lipinski definition) is 6. The van der Waals surface area contributed by atoms with Crippen LogP contribution in [-0.4, -0.2) is 33.8 Å². The maximum Gasteiger partial charge on any atom is 0.293 e. The van der Waals surface area contributed by atoms with Gasteiger partial charge in [0.1, 0.15) is 17.2 Å². The lowest BCUT2D eigenvalue weighted by atomic mass is 10.1. The van der Waals surface area contributed by atoms with E-state index >= 15 is 0 Å². The molecule has 0 unspecified atom stereocenters. The molecular formula is C24H19N5O3. The third kappa shape index (κ3) is 4.93. The number of ether oxygens (including phenoxy) is 1. The molecule has 0 radical (unpaired) electrons. The summed E-state index contributed by atoms with van der Waals surface area (Å²) in [5.74, 6) is 0.374. The third-order valence-corrected chi connectivity index (χ3v) is 4.47. The minimum Gasteiger partial charge on any atom is -0.457 e. The van der Waals surface area contributed by atoms with E-state index in [1.807, 2.05) is 30.3 Å². The Balaban J connectivity index is 1.43. The molecule has 2 heterocycles. The van der Waals surface area contributed by atoms with E-state index in [9.17, 15) is 9.59 Å². The number of aromatic nitrogens is 3. The van der Waals surface area contributed by atoms with Crippen LogP contribution in [0.15, 0.2) is 85.2 Å². The number of nitrogens with one attached hydrogen (secondary N) is 2. The zero-order valence-electron chi connectivity index (χ0n) is 17.1. The quantitative estimate of drug-likeness (QED) is 0.485. The van der Waals surface area contributed by atoms with Crippen LogP contribution in [0.1, 0.15) is 21.1 Å². The van der Waals surface area contributed by atoms with Gasteiger partial charge >= 0.3 is 0 Å². The van der Waals surface area contributed by atoms with Crippen molar-refractivity contribution >= 4 is 17.5 Å². The highest BCUT2D eigenvalue weighted by atomic mass is 16.5. The first-order valence-corrected chi connectivity index (χ1v) is 9.78. The van der Waals surface area contributed by atoms with E-state index < -0.39 is 5.91 Å². The van der Waals surface area contributed by atoms with Gasteiger partial charge in [0.05, 0.1) is 5.69 Å². The molecule has 2 N–H and O–H groups in total. The zero-order chi connectivity index (χ0) is 22.3. The number of carbonyl (C=O) groups excluding carboxylic acids is 2. The minimum absolute atomic E-state index is 0.0743. The fraction of sp³-hybridized carbons (Fsp3) is 0.0417. The van der Waals surface area contributed by atoms with Crippen LogP contribution >= 0.6 is 0 Å². The number of carbonyl (C=O) groups is 2. The smallest absolute Gasteiger partial charge is 0.293 e. The molecule has 2 aromatic heterocycles. The number of rotatable bonds is 6. The highest BCUT2D eigenvalue weighted by Gasteiger charge is 2.12. The molecule has 0 saturated heterocycles. The summed E-state index contributed by atoms with van der Waals surface area (Å²) in [4.78, 5) is 36.7. The summed E-state index contributed by atoms with van der Waals surface area (Å²) < 4.78 is 5.77. The van der Waals surface area contributed by atoms with Crippen molar-refractivity contribution in [2.75, 3.05) is 12.4 Å². The van der Waals surface area contributed by atoms with Gasteiger partial charge in [0, 0.05) is 36.8 Å². The molecule has 0 saturated carbocycles. The molecule has 2 aromatic carbocycles. The first kappa shape index (κ1) is 20.7. The fourth-order valence-corrected chi connectivity index (χ4v) is 2.89. The average Bonchev–Trinajstić information content (AvgIpc) is 2.85. The molecule has 4 aromatic rings. The average molecular weight is 425 g/mol. The summed E-state index contributed by atoms with van der Waals surface area (Å²) in [5.41, 5.74) is 2.40. The summed E-state index contributed by atoms with van der Waals surface area (Å²) >= 11 is 0. The monoisotopic (exact) mass is 425 g/mol. The van der Waals surface area contributed by atoms with Crippen molar-refractivity contribution in [3.63, 3.8) is 0 Å². The Morgan fingerprint density at radius 2 is 1.56 bits per heavy atom. The predicted molar refractivity (Wildman–Crippen MR) is 120 cm³/mol. The number of anilines is 1. The Labute approximate surface area is 184 Å². The first-order chi connectivity index (χ1) is 15.6. The van der Waals surface area contributed by atoms with Crippen LogP contribution in [0.25, 0.3) is 11.3 Å². The second-order valence-electron chi connectivity index (χ2n) is 6.67. The van der Waals surface area contributed by atoms with Crippen LogP contribution in [0.2, 0.25) is 0 Å². The molecule has 158 valence electrons. The van der Waals surface area contributed by atoms with Gasteiger partial charge in [-0.25, -0.2) is 9.97 Å². The van der Waals surface area contributed by atoms with E-state index in [2.05, 4.69) is 25.6 Å². The lowest BCUT2D eigenvalue weighted by Gasteiger charge is -2.09. The van der Waals surface area contributed by atoms with Crippen molar-refractivity contribution in [3.05, 3.63) is 96.7 Å². The Morgan fingerprint density at radius 3 is 2.31 bits per heavy atom. The molecule has 8 nitrogen and oxygen atoms in total. The fourth-order valence-electron chi connectivity index (χ4n) is 2.89. The molecule has 2 amide bonds. The van der Waals surface area contributed by atoms with Crippen molar-refractivity contribution in [2.45, 2.75) is 0 Å². The van der Waals surface area contributed by atoms with Crippen molar-refractivity contribution < 1.29 is 14.3 Å². The van der Waals surface area contributed by atoms with Gasteiger partial charge in [-0.15, -0.1) is 0 Å². The second-order valence-corrected chi connectivity index (χ2v) is 6.67. The molecule has 0 aliphatic rings. The van der Waals surface area contributed by atoms with Gasteiger partial charge in [-0.2, -0.15) is 0 Å². The van der Waals surface area contributed by atoms with E-state index in [0.717, 1.165) is 5.56 Å². The summed E-state index contributed by atoms with van der Waals surface area (Å²) in [5, 5.41) is 5.29. The molecule has 0 fully saturated rings. The molecule has 0 aliphatic carbocycles. The topological polar surface area (TPSA) is 106 Å². The molecule has 0 aliphatic heterocycles. The van der Waals surface area contributed by atoms with Gasteiger partial charge in [0.15, 0.2) is 0 Å². The largest absolute Gasteiger partial charge is 0.457 e. The maximum atomic E-state index is 12.6. The van der Waals surface area contributed by atoms with E-state index in [1.165, 1.54) is 13.2 Å². The zero-order valence-corrected chi connectivity index (χ0v) is 17.1. The molecule has 4 rings (SSSR count). The van der Waals surface area contributed by atoms with Crippen LogP contribution in [-0.2, 0) is 0 Å². The number of benzene rings is 2. The van der Waals surface area contributed by atoms with Crippen LogP contribution in [0.4, 0.5) is 5.69 Å². The summed E-state index contributed by atoms with van der Waals surface area (Å²) in [6.07, 6.45) is 3.06. The van der Waals surface area contributed by atoms with Gasteiger partial charge in [-0.3, -0.25) is 14.6 Å². The van der Waals surface area contributed by atoms with Gasteiger partial charge in [0.25, 0.3) is 11.8 Å². The van der Waals surface area contributed by atoms with E-state index in [1.54, 1.807) is 48.7 Å². The molecule has 0 bridgehead atoms. The molecule has 0 spiro atoms. The van der Waals surface area contributed by atoms with E-state index in [0.29, 0.717) is 22.9 Å². The molecular weight excluding hydrogens is 406 g/mol. The SMILES string of the molecule is CNC(=O)c1cc(Oc2ccc(NC(=O)c3nccc(-c4ccccc4)n3)cc2)ccn1. The van der Waals surface area contributed by atoms with Gasteiger partial charge < -0.3 is 15.4 Å². The summed E-state index contributed by atoms with van der Waals surface area (Å²) in [6.45, 7) is 0. The van der Waals surface area contributed by atoms with Crippen molar-refractivity contribution in [2.24, 2.45) is 0 Å². The van der Waals surface area contributed by atoms with Crippen LogP contribution < -0.4 is 15.4 Å². The van der Waals surface area contributed by atoms with E-state index in [4.69, 9.17) is 4.74 Å². The molecule has 8 heteroatoms. The maximum absolute atomic E-state index is 12.6. The lowest BCUT2D eigenvalue weighted by molar-refractivity contribution is 0.0956. The lowest BCUT2D eigenvalue weighted by Crippen LogP contribution is -2.18. The summed E-state index contributed by atoms with van der Waals surface area (Å²) in [7, 11) is 1.54. The molecule has 0 atom stereocenters. The van der Waals surface area contributed by atoms with Crippen LogP contribution in [0, 0.1) is 0 Å². The van der Waals surface area contributed by atoms with Crippen molar-refractivity contribution in [3.8, 4) is 22.8 Å². The van der Waals surface area contributed by atoms with Gasteiger partial charge in [-0.05, 0) is 36.4 Å². The van der Waals surface area contributed by atoms with Gasteiger partial charge in [-0.1, -0.05) is 30.3 Å². The third-order valence-electron chi connectivity index (χ3n) is 4.47. The standard InChI is InChI=1S/C24H19N5O3/c1-25-23(30)21-15-19(11-13-26-21)32-18-9-7-17(8-10-18)28-24(31)22-27-14-12-20(29-22)16-5-3-2-4-6-16/h2-15H,1H3,(H,25,30)(H,28,31).